The molecule has 0 spiro atoms. The molecule has 2 aromatic heterocycles. The summed E-state index contributed by atoms with van der Waals surface area (Å²) < 4.78 is 44.1. The van der Waals surface area contributed by atoms with E-state index < -0.39 is 11.9 Å². The molecule has 0 bridgehead atoms. The molecule has 0 amide bonds. The normalized spacial score (nSPS) is 11.8. The first-order valence-electron chi connectivity index (χ1n) is 6.10. The van der Waals surface area contributed by atoms with Gasteiger partial charge in [0.15, 0.2) is 11.5 Å². The molecule has 0 atom stereocenters. The van der Waals surface area contributed by atoms with Crippen molar-refractivity contribution in [1.29, 1.82) is 0 Å². The minimum absolute atomic E-state index is 0.0814. The first-order chi connectivity index (χ1) is 9.97. The van der Waals surface area contributed by atoms with Crippen molar-refractivity contribution < 1.29 is 17.6 Å². The van der Waals surface area contributed by atoms with Gasteiger partial charge >= 0.3 is 6.18 Å². The highest BCUT2D eigenvalue weighted by Gasteiger charge is 2.34. The number of fused-ring (bicyclic) bond motifs is 1. The maximum Gasteiger partial charge on any atom is 0.433 e. The molecule has 1 N–H and O–H groups in total. The third kappa shape index (κ3) is 2.54. The SMILES string of the molecule is CNc1nc(-c2cc3ccccc3o2)cc(C(F)(F)F)n1. The van der Waals surface area contributed by atoms with Gasteiger partial charge in [-0.25, -0.2) is 9.97 Å². The van der Waals surface area contributed by atoms with E-state index in [4.69, 9.17) is 4.42 Å². The zero-order chi connectivity index (χ0) is 15.0. The molecule has 7 heteroatoms. The van der Waals surface area contributed by atoms with Gasteiger partial charge in [-0.2, -0.15) is 13.2 Å². The van der Waals surface area contributed by atoms with Crippen molar-refractivity contribution in [3.05, 3.63) is 42.1 Å². The van der Waals surface area contributed by atoms with Gasteiger partial charge in [-0.3, -0.25) is 0 Å². The van der Waals surface area contributed by atoms with Gasteiger partial charge in [0.2, 0.25) is 5.95 Å². The van der Waals surface area contributed by atoms with Gasteiger partial charge in [-0.1, -0.05) is 18.2 Å². The Labute approximate surface area is 117 Å². The highest BCUT2D eigenvalue weighted by Crippen LogP contribution is 2.32. The molecular formula is C14H10F3N3O. The maximum atomic E-state index is 12.9. The number of alkyl halides is 3. The number of benzene rings is 1. The minimum atomic E-state index is -4.55. The molecule has 0 fully saturated rings. The summed E-state index contributed by atoms with van der Waals surface area (Å²) >= 11 is 0. The number of nitrogens with zero attached hydrogens (tertiary/aromatic N) is 2. The van der Waals surface area contributed by atoms with E-state index >= 15 is 0 Å². The Morgan fingerprint density at radius 3 is 2.52 bits per heavy atom. The van der Waals surface area contributed by atoms with E-state index in [0.29, 0.717) is 5.58 Å². The molecule has 108 valence electrons. The molecule has 1 aromatic carbocycles. The average Bonchev–Trinajstić information content (AvgIpc) is 2.89. The fourth-order valence-corrected chi connectivity index (χ4v) is 1.94. The highest BCUT2D eigenvalue weighted by atomic mass is 19.4. The Morgan fingerprint density at radius 1 is 1.10 bits per heavy atom. The van der Waals surface area contributed by atoms with Gasteiger partial charge in [0.05, 0.1) is 0 Å². The van der Waals surface area contributed by atoms with Crippen LogP contribution in [0.2, 0.25) is 0 Å². The van der Waals surface area contributed by atoms with Gasteiger partial charge in [-0.15, -0.1) is 0 Å². The highest BCUT2D eigenvalue weighted by molar-refractivity contribution is 5.82. The van der Waals surface area contributed by atoms with Crippen molar-refractivity contribution in [3.8, 4) is 11.5 Å². The molecule has 2 heterocycles. The summed E-state index contributed by atoms with van der Waals surface area (Å²) in [6.07, 6.45) is -4.55. The van der Waals surface area contributed by atoms with Crippen LogP contribution in [-0.4, -0.2) is 17.0 Å². The fraction of sp³-hybridized carbons (Fsp3) is 0.143. The van der Waals surface area contributed by atoms with Crippen LogP contribution in [0.15, 0.2) is 40.8 Å². The van der Waals surface area contributed by atoms with Crippen LogP contribution in [0, 0.1) is 0 Å². The summed E-state index contributed by atoms with van der Waals surface area (Å²) in [7, 11) is 1.46. The number of halogens is 3. The Balaban J connectivity index is 2.16. The zero-order valence-electron chi connectivity index (χ0n) is 10.9. The Morgan fingerprint density at radius 2 is 1.86 bits per heavy atom. The first kappa shape index (κ1) is 13.4. The van der Waals surface area contributed by atoms with Crippen LogP contribution < -0.4 is 5.32 Å². The van der Waals surface area contributed by atoms with E-state index in [2.05, 4.69) is 15.3 Å². The Hall–Kier alpha value is -2.57. The molecule has 0 unspecified atom stereocenters. The summed E-state index contributed by atoms with van der Waals surface area (Å²) in [5.41, 5.74) is -0.346. The summed E-state index contributed by atoms with van der Waals surface area (Å²) in [5.74, 6) is 0.154. The van der Waals surface area contributed by atoms with E-state index in [9.17, 15) is 13.2 Å². The second-order valence-corrected chi connectivity index (χ2v) is 4.36. The lowest BCUT2D eigenvalue weighted by Gasteiger charge is -2.08. The van der Waals surface area contributed by atoms with Crippen LogP contribution in [0.25, 0.3) is 22.4 Å². The van der Waals surface area contributed by atoms with Crippen molar-refractivity contribution in [1.82, 2.24) is 9.97 Å². The predicted octanol–water partition coefficient (Wildman–Crippen LogP) is 3.95. The van der Waals surface area contributed by atoms with Crippen molar-refractivity contribution in [3.63, 3.8) is 0 Å². The standard InChI is InChI=1S/C14H10F3N3O/c1-18-13-19-9(7-12(20-13)14(15,16)17)11-6-8-4-2-3-5-10(8)21-11/h2-7H,1H3,(H,18,19,20). The number of aromatic nitrogens is 2. The van der Waals surface area contributed by atoms with Crippen molar-refractivity contribution >= 4 is 16.9 Å². The van der Waals surface area contributed by atoms with Gasteiger partial charge in [0, 0.05) is 12.4 Å². The third-order valence-electron chi connectivity index (χ3n) is 2.92. The number of hydrogen-bond acceptors (Lipinski definition) is 4. The zero-order valence-corrected chi connectivity index (χ0v) is 10.9. The fourth-order valence-electron chi connectivity index (χ4n) is 1.94. The van der Waals surface area contributed by atoms with Crippen LogP contribution in [0.4, 0.5) is 19.1 Å². The Kier molecular flexibility index (Phi) is 3.04. The summed E-state index contributed by atoms with van der Waals surface area (Å²) in [6, 6.07) is 9.68. The van der Waals surface area contributed by atoms with Gasteiger partial charge in [0.1, 0.15) is 11.3 Å². The molecule has 3 rings (SSSR count). The van der Waals surface area contributed by atoms with E-state index in [1.807, 2.05) is 12.1 Å². The minimum Gasteiger partial charge on any atom is -0.454 e. The van der Waals surface area contributed by atoms with Crippen LogP contribution in [0.3, 0.4) is 0 Å². The topological polar surface area (TPSA) is 51.0 Å². The first-order valence-corrected chi connectivity index (χ1v) is 6.10. The second-order valence-electron chi connectivity index (χ2n) is 4.36. The third-order valence-corrected chi connectivity index (χ3v) is 2.92. The number of anilines is 1. The summed E-state index contributed by atoms with van der Waals surface area (Å²) in [5, 5.41) is 3.32. The van der Waals surface area contributed by atoms with Gasteiger partial charge in [-0.05, 0) is 18.2 Å². The number of furan rings is 1. The van der Waals surface area contributed by atoms with Crippen LogP contribution in [-0.2, 0) is 6.18 Å². The number of hydrogen-bond donors (Lipinski definition) is 1. The largest absolute Gasteiger partial charge is 0.454 e. The molecule has 0 radical (unpaired) electrons. The average molecular weight is 293 g/mol. The molecule has 3 aromatic rings. The van der Waals surface area contributed by atoms with E-state index in [0.717, 1.165) is 11.5 Å². The van der Waals surface area contributed by atoms with Crippen LogP contribution in [0.5, 0.6) is 0 Å². The summed E-state index contributed by atoms with van der Waals surface area (Å²) in [4.78, 5) is 7.43. The van der Waals surface area contributed by atoms with Crippen molar-refractivity contribution in [2.75, 3.05) is 12.4 Å². The van der Waals surface area contributed by atoms with Gasteiger partial charge < -0.3 is 9.73 Å². The molecule has 0 saturated heterocycles. The van der Waals surface area contributed by atoms with Gasteiger partial charge in [0.25, 0.3) is 0 Å². The Bertz CT molecular complexity index is 763. The van der Waals surface area contributed by atoms with Crippen LogP contribution in [0.1, 0.15) is 5.69 Å². The monoisotopic (exact) mass is 293 g/mol. The van der Waals surface area contributed by atoms with E-state index in [-0.39, 0.29) is 17.4 Å². The molecule has 0 saturated carbocycles. The predicted molar refractivity (Wildman–Crippen MR) is 71.8 cm³/mol. The second kappa shape index (κ2) is 4.76. The van der Waals surface area contributed by atoms with Crippen molar-refractivity contribution in [2.24, 2.45) is 0 Å². The lowest BCUT2D eigenvalue weighted by molar-refractivity contribution is -0.141. The summed E-state index contributed by atoms with van der Waals surface area (Å²) in [6.45, 7) is 0. The quantitative estimate of drug-likeness (QED) is 0.777. The lowest BCUT2D eigenvalue weighted by atomic mass is 10.2. The van der Waals surface area contributed by atoms with Crippen LogP contribution >= 0.6 is 0 Å². The lowest BCUT2D eigenvalue weighted by Crippen LogP contribution is -2.11. The van der Waals surface area contributed by atoms with E-state index in [1.54, 1.807) is 18.2 Å². The number of nitrogens with one attached hydrogen (secondary N) is 1. The molecular weight excluding hydrogens is 283 g/mol. The smallest absolute Gasteiger partial charge is 0.433 e. The number of para-hydroxylation sites is 1. The number of rotatable bonds is 2. The molecule has 0 aliphatic rings. The van der Waals surface area contributed by atoms with Crippen molar-refractivity contribution in [2.45, 2.75) is 6.18 Å². The molecule has 4 nitrogen and oxygen atoms in total. The molecule has 0 aliphatic heterocycles. The molecule has 0 aliphatic carbocycles. The van der Waals surface area contributed by atoms with E-state index in [1.165, 1.54) is 7.05 Å². The molecule has 21 heavy (non-hydrogen) atoms. The maximum absolute atomic E-state index is 12.9.